The molecule has 0 spiro atoms. The Kier molecular flexibility index (Phi) is 8.58. The van der Waals surface area contributed by atoms with Crippen molar-refractivity contribution >= 4 is 11.8 Å². The van der Waals surface area contributed by atoms with Gasteiger partial charge >= 0.3 is 5.97 Å². The minimum atomic E-state index is -1.13. The number of hydrogen-bond donors (Lipinski definition) is 2. The molecule has 1 saturated heterocycles. The summed E-state index contributed by atoms with van der Waals surface area (Å²) in [5.74, 6) is -0.835. The lowest BCUT2D eigenvalue weighted by atomic mass is 9.93. The average Bonchev–Trinajstić information content (AvgIpc) is 2.78. The van der Waals surface area contributed by atoms with Crippen molar-refractivity contribution in [2.24, 2.45) is 11.7 Å². The summed E-state index contributed by atoms with van der Waals surface area (Å²) in [5.41, 5.74) is 5.30. The molecule has 5 heteroatoms. The number of carbonyl (C=O) groups excluding carboxylic acids is 1. The van der Waals surface area contributed by atoms with Gasteiger partial charge in [0.05, 0.1) is 6.10 Å². The minimum absolute atomic E-state index is 0.0431. The molecule has 3 N–H and O–H groups in total. The molecule has 0 bridgehead atoms. The molecule has 1 fully saturated rings. The zero-order chi connectivity index (χ0) is 14.1. The minimum Gasteiger partial charge on any atom is -0.480 e. The molecule has 106 valence electrons. The Bertz CT molecular complexity index is 268. The van der Waals surface area contributed by atoms with Crippen LogP contribution in [-0.4, -0.2) is 35.6 Å². The topological polar surface area (TPSA) is 89.6 Å². The Hall–Kier alpha value is -0.940. The van der Waals surface area contributed by atoms with Crippen molar-refractivity contribution in [3.05, 3.63) is 0 Å². The average molecular weight is 259 g/mol. The van der Waals surface area contributed by atoms with Gasteiger partial charge in [0, 0.05) is 19.4 Å². The Morgan fingerprint density at radius 1 is 1.44 bits per heavy atom. The molecule has 0 aromatic rings. The number of Topliss-reactive ketones (excluding diaryl/α,β-unsaturated/α-hetero) is 1. The summed E-state index contributed by atoms with van der Waals surface area (Å²) < 4.78 is 5.46. The van der Waals surface area contributed by atoms with Gasteiger partial charge in [-0.25, -0.2) is 0 Å². The van der Waals surface area contributed by atoms with Crippen LogP contribution >= 0.6 is 0 Å². The van der Waals surface area contributed by atoms with E-state index < -0.39 is 12.0 Å². The molecule has 0 aromatic carbocycles. The number of aliphatic carboxylic acids is 1. The van der Waals surface area contributed by atoms with Gasteiger partial charge in [-0.1, -0.05) is 27.2 Å². The molecular formula is C13H25NO4. The van der Waals surface area contributed by atoms with Gasteiger partial charge in [-0.2, -0.15) is 0 Å². The molecule has 18 heavy (non-hydrogen) atoms. The first-order valence-electron chi connectivity index (χ1n) is 6.66. The summed E-state index contributed by atoms with van der Waals surface area (Å²) >= 11 is 0. The molecule has 5 nitrogen and oxygen atoms in total. The van der Waals surface area contributed by atoms with Gasteiger partial charge in [0.1, 0.15) is 11.8 Å². The van der Waals surface area contributed by atoms with E-state index in [0.717, 1.165) is 12.8 Å². The van der Waals surface area contributed by atoms with Crippen LogP contribution in [-0.2, 0) is 14.3 Å². The van der Waals surface area contributed by atoms with E-state index in [1.165, 1.54) is 0 Å². The molecule has 0 aromatic heterocycles. The number of rotatable bonds is 6. The summed E-state index contributed by atoms with van der Waals surface area (Å²) in [6.45, 7) is 6.77. The molecule has 0 radical (unpaired) electrons. The highest BCUT2D eigenvalue weighted by Crippen LogP contribution is 2.26. The Morgan fingerprint density at radius 2 is 2.06 bits per heavy atom. The molecule has 1 aliphatic heterocycles. The third kappa shape index (κ3) is 5.60. The van der Waals surface area contributed by atoms with Gasteiger partial charge < -0.3 is 15.6 Å². The number of ketones is 1. The van der Waals surface area contributed by atoms with Crippen LogP contribution in [0.25, 0.3) is 0 Å². The lowest BCUT2D eigenvalue weighted by Crippen LogP contribution is -2.33. The quantitative estimate of drug-likeness (QED) is 0.756. The third-order valence-corrected chi connectivity index (χ3v) is 3.06. The van der Waals surface area contributed by atoms with Gasteiger partial charge in [0.2, 0.25) is 0 Å². The van der Waals surface area contributed by atoms with E-state index in [1.54, 1.807) is 0 Å². The number of ether oxygens (including phenoxy) is 1. The van der Waals surface area contributed by atoms with Crippen molar-refractivity contribution in [3.63, 3.8) is 0 Å². The van der Waals surface area contributed by atoms with Crippen molar-refractivity contribution in [2.75, 3.05) is 6.61 Å². The predicted octanol–water partition coefficient (Wildman–Crippen LogP) is 1.59. The smallest absolute Gasteiger partial charge is 0.320 e. The number of carbonyl (C=O) groups is 2. The molecule has 3 unspecified atom stereocenters. The van der Waals surface area contributed by atoms with Crippen LogP contribution in [0.2, 0.25) is 0 Å². The SMILES string of the molecule is CC.CCC1CCOC1CC(=O)CC(N)C(=O)O. The van der Waals surface area contributed by atoms with Crippen molar-refractivity contribution in [1.29, 1.82) is 0 Å². The van der Waals surface area contributed by atoms with Gasteiger partial charge in [-0.15, -0.1) is 0 Å². The fourth-order valence-electron chi connectivity index (χ4n) is 2.03. The lowest BCUT2D eigenvalue weighted by molar-refractivity contribution is -0.140. The molecule has 1 heterocycles. The van der Waals surface area contributed by atoms with E-state index in [1.807, 2.05) is 13.8 Å². The van der Waals surface area contributed by atoms with E-state index in [9.17, 15) is 9.59 Å². The number of carboxylic acids is 1. The molecule has 3 atom stereocenters. The van der Waals surface area contributed by atoms with Gasteiger partial charge in [0.15, 0.2) is 0 Å². The normalized spacial score (nSPS) is 24.0. The van der Waals surface area contributed by atoms with Crippen LogP contribution in [0.4, 0.5) is 0 Å². The second kappa shape index (κ2) is 9.05. The van der Waals surface area contributed by atoms with Crippen LogP contribution in [0.1, 0.15) is 46.5 Å². The van der Waals surface area contributed by atoms with Gasteiger partial charge in [-0.3, -0.25) is 9.59 Å². The van der Waals surface area contributed by atoms with Crippen LogP contribution in [0, 0.1) is 5.92 Å². The highest BCUT2D eigenvalue weighted by Gasteiger charge is 2.29. The van der Waals surface area contributed by atoms with Crippen LogP contribution in [0.3, 0.4) is 0 Å². The van der Waals surface area contributed by atoms with E-state index in [0.29, 0.717) is 18.9 Å². The van der Waals surface area contributed by atoms with E-state index in [4.69, 9.17) is 15.6 Å². The van der Waals surface area contributed by atoms with E-state index >= 15 is 0 Å². The summed E-state index contributed by atoms with van der Waals surface area (Å²) in [4.78, 5) is 22.0. The lowest BCUT2D eigenvalue weighted by Gasteiger charge is -2.16. The second-order valence-corrected chi connectivity index (χ2v) is 4.26. The monoisotopic (exact) mass is 259 g/mol. The van der Waals surface area contributed by atoms with E-state index in [2.05, 4.69) is 6.92 Å². The highest BCUT2D eigenvalue weighted by atomic mass is 16.5. The summed E-state index contributed by atoms with van der Waals surface area (Å²) in [6, 6.07) is -1.09. The third-order valence-electron chi connectivity index (χ3n) is 3.06. The number of hydrogen-bond acceptors (Lipinski definition) is 4. The second-order valence-electron chi connectivity index (χ2n) is 4.26. The van der Waals surface area contributed by atoms with Crippen molar-refractivity contribution in [2.45, 2.75) is 58.6 Å². The first-order valence-corrected chi connectivity index (χ1v) is 6.66. The fraction of sp³-hybridized carbons (Fsp3) is 0.846. The van der Waals surface area contributed by atoms with Crippen LogP contribution in [0.15, 0.2) is 0 Å². The molecular weight excluding hydrogens is 234 g/mol. The number of carboxylic acid groups (broad SMARTS) is 1. The molecule has 0 saturated carbocycles. The Morgan fingerprint density at radius 3 is 2.56 bits per heavy atom. The zero-order valence-electron chi connectivity index (χ0n) is 11.5. The summed E-state index contributed by atoms with van der Waals surface area (Å²) in [5, 5.41) is 8.58. The Labute approximate surface area is 109 Å². The predicted molar refractivity (Wildman–Crippen MR) is 69.3 cm³/mol. The fourth-order valence-corrected chi connectivity index (χ4v) is 2.03. The highest BCUT2D eigenvalue weighted by molar-refractivity contribution is 5.85. The first-order chi connectivity index (χ1) is 8.54. The first kappa shape index (κ1) is 17.1. The Balaban J connectivity index is 0.00000137. The molecule has 1 rings (SSSR count). The number of nitrogens with two attached hydrogens (primary N) is 1. The summed E-state index contributed by atoms with van der Waals surface area (Å²) in [6.07, 6.45) is 2.12. The maximum absolute atomic E-state index is 11.6. The van der Waals surface area contributed by atoms with Crippen molar-refractivity contribution in [1.82, 2.24) is 0 Å². The van der Waals surface area contributed by atoms with Crippen molar-refractivity contribution in [3.8, 4) is 0 Å². The summed E-state index contributed by atoms with van der Waals surface area (Å²) in [7, 11) is 0. The maximum atomic E-state index is 11.6. The van der Waals surface area contributed by atoms with Crippen molar-refractivity contribution < 1.29 is 19.4 Å². The van der Waals surface area contributed by atoms with Gasteiger partial charge in [0.25, 0.3) is 0 Å². The maximum Gasteiger partial charge on any atom is 0.320 e. The van der Waals surface area contributed by atoms with Crippen LogP contribution in [0.5, 0.6) is 0 Å². The standard InChI is InChI=1S/C11H19NO4.C2H6/c1-2-7-3-4-16-10(7)6-8(13)5-9(12)11(14)15;1-2/h7,9-10H,2-6,12H2,1H3,(H,14,15);1-2H3. The molecule has 1 aliphatic rings. The zero-order valence-corrected chi connectivity index (χ0v) is 11.5. The van der Waals surface area contributed by atoms with E-state index in [-0.39, 0.29) is 18.3 Å². The molecule has 0 aliphatic carbocycles. The largest absolute Gasteiger partial charge is 0.480 e. The van der Waals surface area contributed by atoms with Crippen LogP contribution < -0.4 is 5.73 Å². The van der Waals surface area contributed by atoms with Gasteiger partial charge in [-0.05, 0) is 12.3 Å². The molecule has 0 amide bonds.